The second-order valence-corrected chi connectivity index (χ2v) is 4.72. The van der Waals surface area contributed by atoms with Gasteiger partial charge < -0.3 is 0 Å². The van der Waals surface area contributed by atoms with Gasteiger partial charge in [0.05, 0.1) is 0 Å². The van der Waals surface area contributed by atoms with E-state index in [0.29, 0.717) is 11.4 Å². The van der Waals surface area contributed by atoms with Crippen LogP contribution in [0, 0.1) is 33.3 Å². The van der Waals surface area contributed by atoms with Crippen molar-refractivity contribution in [1.82, 2.24) is 5.32 Å². The van der Waals surface area contributed by atoms with Gasteiger partial charge in [0, 0.05) is 0 Å². The Labute approximate surface area is 138 Å². The van der Waals surface area contributed by atoms with Gasteiger partial charge in [0.1, 0.15) is 0 Å². The molecule has 0 aromatic heterocycles. The molecule has 0 saturated heterocycles. The van der Waals surface area contributed by atoms with Gasteiger partial charge in [0.25, 0.3) is 0 Å². The van der Waals surface area contributed by atoms with Crippen LogP contribution in [0.25, 0.3) is 0 Å². The van der Waals surface area contributed by atoms with Crippen LogP contribution >= 0.6 is 11.6 Å². The van der Waals surface area contributed by atoms with E-state index in [1.807, 2.05) is 0 Å². The van der Waals surface area contributed by atoms with Crippen LogP contribution in [0.4, 0.5) is 0 Å². The van der Waals surface area contributed by atoms with E-state index in [1.165, 1.54) is 17.3 Å². The summed E-state index contributed by atoms with van der Waals surface area (Å²) in [4.78, 5) is 0. The molecule has 0 aliphatic heterocycles. The van der Waals surface area contributed by atoms with Gasteiger partial charge in [-0.05, 0) is 0 Å². The Morgan fingerprint density at radius 2 is 1.14 bits per heavy atom. The van der Waals surface area contributed by atoms with Crippen molar-refractivity contribution in [2.24, 2.45) is 0 Å². The number of hydrogen-bond donors (Lipinski definition) is 1. The first-order valence-corrected chi connectivity index (χ1v) is 6.19. The summed E-state index contributed by atoms with van der Waals surface area (Å²) >= 11 is 8.95. The molecule has 0 aromatic rings. The van der Waals surface area contributed by atoms with Crippen molar-refractivity contribution in [3.05, 3.63) is 33.3 Å². The van der Waals surface area contributed by atoms with E-state index in [9.17, 15) is 0 Å². The average Bonchev–Trinajstić information content (AvgIpc) is 2.59. The summed E-state index contributed by atoms with van der Waals surface area (Å²) in [6.45, 7) is 24.6. The van der Waals surface area contributed by atoms with E-state index in [0.717, 1.165) is 12.8 Å². The molecule has 8 heteroatoms. The third-order valence-electron chi connectivity index (χ3n) is 2.06. The van der Waals surface area contributed by atoms with Crippen molar-refractivity contribution in [3.63, 3.8) is 0 Å². The fourth-order valence-corrected chi connectivity index (χ4v) is 2.00. The Morgan fingerprint density at radius 3 is 1.38 bits per heavy atom. The number of halogens is 1. The molecule has 1 saturated carbocycles. The zero-order chi connectivity index (χ0) is 18.3. The van der Waals surface area contributed by atoms with E-state index < -0.39 is 0 Å². The van der Waals surface area contributed by atoms with Crippen LogP contribution in [0.1, 0.15) is 32.6 Å². The zero-order valence-corrected chi connectivity index (χ0v) is 13.3. The van der Waals surface area contributed by atoms with Crippen molar-refractivity contribution >= 4 is 16.1 Å². The van der Waals surface area contributed by atoms with Crippen molar-refractivity contribution in [3.8, 4) is 0 Å². The van der Waals surface area contributed by atoms with Crippen molar-refractivity contribution in [2.45, 2.75) is 44.0 Å². The second kappa shape index (κ2) is 36.6. The molecule has 1 aliphatic carbocycles. The van der Waals surface area contributed by atoms with Crippen LogP contribution in [0.2, 0.25) is 0 Å². The molecule has 0 atom stereocenters. The molecule has 1 fully saturated rings. The molecule has 0 radical (unpaired) electrons. The minimum atomic E-state index is 0.425. The molecular formula is C13H14ClCrNO5. The van der Waals surface area contributed by atoms with E-state index in [2.05, 4.69) is 61.3 Å². The molecule has 6 nitrogen and oxygen atoms in total. The second-order valence-electron chi connectivity index (χ2n) is 3.15. The third-order valence-corrected chi connectivity index (χ3v) is 2.68. The Balaban J connectivity index is -0.0000000727. The predicted molar refractivity (Wildman–Crippen MR) is 65.4 cm³/mol. The molecule has 0 spiro atoms. The molecule has 0 amide bonds. The van der Waals surface area contributed by atoms with Crippen LogP contribution < -0.4 is 5.32 Å². The van der Waals surface area contributed by atoms with Gasteiger partial charge in [-0.2, -0.15) is 0 Å². The van der Waals surface area contributed by atoms with Crippen LogP contribution in [0.15, 0.2) is 0 Å². The summed E-state index contributed by atoms with van der Waals surface area (Å²) in [5, 5.41) is 3.83. The average molecular weight is 352 g/mol. The zero-order valence-electron chi connectivity index (χ0n) is 11.3. The standard InChI is InChI=1S/C8H14ClN.5CO.Cr/c1-2-10-8-5-3-7(9)4-6-8;5*1-2;/h7-8,10H,3-6H2,1H3;;;;;;. The van der Waals surface area contributed by atoms with Crippen molar-refractivity contribution in [2.75, 3.05) is 0 Å². The summed E-state index contributed by atoms with van der Waals surface area (Å²) < 4.78 is 38.7. The van der Waals surface area contributed by atoms with Crippen LogP contribution in [0.5, 0.6) is 0 Å². The summed E-state index contributed by atoms with van der Waals surface area (Å²) in [5.74, 6) is 0. The quantitative estimate of drug-likeness (QED) is 0.455. The van der Waals surface area contributed by atoms with Gasteiger partial charge in [0.2, 0.25) is 0 Å². The molecule has 1 rings (SSSR count). The normalized spacial score (nSPS) is 17.1. The summed E-state index contributed by atoms with van der Waals surface area (Å²) in [5.41, 5.74) is 0. The number of rotatable bonds is 2. The number of alkyl halides is 1. The first-order valence-electron chi connectivity index (χ1n) is 5.11. The maximum absolute atomic E-state index is 7.50. The van der Waals surface area contributed by atoms with Crippen LogP contribution in [-0.2, 0) is 39.1 Å². The Bertz CT molecular complexity index is 282. The van der Waals surface area contributed by atoms with Gasteiger partial charge >= 0.3 is 138 Å². The molecule has 114 valence electrons. The fourth-order valence-electron chi connectivity index (χ4n) is 1.48. The molecule has 0 bridgehead atoms. The molecule has 21 heavy (non-hydrogen) atoms. The number of hydrogen-bond acceptors (Lipinski definition) is 1. The first kappa shape index (κ1) is 32.3. The summed E-state index contributed by atoms with van der Waals surface area (Å²) in [6.07, 6.45) is 4.75. The number of nitrogens with one attached hydrogen (secondary N) is 1. The molecular weight excluding hydrogens is 338 g/mol. The maximum atomic E-state index is 7.50. The van der Waals surface area contributed by atoms with Gasteiger partial charge in [-0.1, -0.05) is 0 Å². The predicted octanol–water partition coefficient (Wildman–Crippen LogP) is 1.64. The first-order chi connectivity index (χ1) is 10.2. The molecule has 0 aromatic carbocycles. The fraction of sp³-hybridized carbons (Fsp3) is 0.538. The third kappa shape index (κ3) is 32.7. The van der Waals surface area contributed by atoms with E-state index >= 15 is 0 Å². The van der Waals surface area contributed by atoms with Crippen LogP contribution in [0.3, 0.4) is 0 Å². The van der Waals surface area contributed by atoms with E-state index in [-0.39, 0.29) is 0 Å². The minimum absolute atomic E-state index is 0.425. The van der Waals surface area contributed by atoms with Gasteiger partial charge in [-0.15, -0.1) is 0 Å². The molecule has 0 heterocycles. The Morgan fingerprint density at radius 1 is 0.857 bits per heavy atom. The summed E-state index contributed by atoms with van der Waals surface area (Å²) in [7, 11) is 0. The van der Waals surface area contributed by atoms with Crippen molar-refractivity contribution < 1.29 is 39.1 Å². The molecule has 0 unspecified atom stereocenters. The summed E-state index contributed by atoms with van der Waals surface area (Å²) in [6, 6.07) is 0.659. The van der Waals surface area contributed by atoms with E-state index in [4.69, 9.17) is 34.9 Å². The topological polar surface area (TPSA) is 112 Å². The van der Waals surface area contributed by atoms with Crippen LogP contribution in [-0.4, -0.2) is 15.9 Å². The van der Waals surface area contributed by atoms with Gasteiger partial charge in [-0.25, -0.2) is 0 Å². The van der Waals surface area contributed by atoms with Gasteiger partial charge in [0.15, 0.2) is 0 Å². The van der Waals surface area contributed by atoms with Crippen molar-refractivity contribution in [1.29, 1.82) is 0 Å². The van der Waals surface area contributed by atoms with E-state index in [1.54, 1.807) is 0 Å². The Kier molecular flexibility index (Phi) is 56.3. The Hall–Kier alpha value is -0.648. The monoisotopic (exact) mass is 351 g/mol. The van der Waals surface area contributed by atoms with Gasteiger partial charge in [-0.3, -0.25) is 0 Å². The SMILES string of the molecule is C[C](=[Cr])NC1CCC(Cl)CC1.[C-]#[O+].[C-]#[O+].[C-]#[O+].[C-]#[O+].[C-]#[O+]. The molecule has 1 aliphatic rings. The molecule has 1 N–H and O–H groups in total.